The maximum atomic E-state index is 12.6. The lowest BCUT2D eigenvalue weighted by Gasteiger charge is -2.32. The molecule has 180 valence electrons. The second-order valence-electron chi connectivity index (χ2n) is 10.5. The quantitative estimate of drug-likeness (QED) is 0.186. The molecular formula is C24H36BN3O5. The van der Waals surface area contributed by atoms with E-state index >= 15 is 0 Å². The summed E-state index contributed by atoms with van der Waals surface area (Å²) >= 11 is 0. The predicted octanol–water partition coefficient (Wildman–Crippen LogP) is 3.54. The van der Waals surface area contributed by atoms with Gasteiger partial charge in [-0.2, -0.15) is 0 Å². The number of amides is 1. The fourth-order valence-electron chi connectivity index (χ4n) is 3.75. The number of rotatable bonds is 4. The summed E-state index contributed by atoms with van der Waals surface area (Å²) in [4.78, 5) is 14.2. The molecule has 0 aliphatic carbocycles. The van der Waals surface area contributed by atoms with Crippen molar-refractivity contribution >= 4 is 24.6 Å². The van der Waals surface area contributed by atoms with Crippen LogP contribution in [0.2, 0.25) is 0 Å². The third-order valence-corrected chi connectivity index (χ3v) is 6.28. The monoisotopic (exact) mass is 457 g/mol. The molecule has 2 aliphatic rings. The lowest BCUT2D eigenvalue weighted by Crippen LogP contribution is -2.41. The van der Waals surface area contributed by atoms with E-state index in [1.165, 1.54) is 0 Å². The average molecular weight is 457 g/mol. The van der Waals surface area contributed by atoms with E-state index in [4.69, 9.17) is 24.6 Å². The highest BCUT2D eigenvalue weighted by Gasteiger charge is 2.51. The van der Waals surface area contributed by atoms with Gasteiger partial charge in [-0.15, -0.1) is 5.10 Å². The summed E-state index contributed by atoms with van der Waals surface area (Å²) in [5.74, 6) is 6.25. The molecule has 2 heterocycles. The van der Waals surface area contributed by atoms with Gasteiger partial charge >= 0.3 is 13.2 Å². The first-order valence-electron chi connectivity index (χ1n) is 11.3. The first kappa shape index (κ1) is 25.1. The summed E-state index contributed by atoms with van der Waals surface area (Å²) in [6, 6.07) is 7.19. The Kier molecular flexibility index (Phi) is 6.87. The Balaban J connectivity index is 1.67. The van der Waals surface area contributed by atoms with Crippen LogP contribution in [0.1, 0.15) is 66.9 Å². The summed E-state index contributed by atoms with van der Waals surface area (Å²) in [5.41, 5.74) is 0.167. The molecule has 2 N–H and O–H groups in total. The largest absolute Gasteiger partial charge is 0.494 e. The number of nitrogens with two attached hydrogens (primary N) is 1. The molecule has 0 unspecified atom stereocenters. The number of carbonyl (C=O) groups is 1. The molecule has 0 saturated carbocycles. The fourth-order valence-corrected chi connectivity index (χ4v) is 3.75. The van der Waals surface area contributed by atoms with Crippen LogP contribution in [-0.4, -0.2) is 53.4 Å². The number of benzene rings is 1. The van der Waals surface area contributed by atoms with Crippen molar-refractivity contribution < 1.29 is 23.6 Å². The summed E-state index contributed by atoms with van der Waals surface area (Å²) < 4.78 is 23.7. The van der Waals surface area contributed by atoms with Gasteiger partial charge in [-0.25, -0.2) is 4.79 Å². The Labute approximate surface area is 197 Å². The van der Waals surface area contributed by atoms with Gasteiger partial charge in [0.15, 0.2) is 0 Å². The van der Waals surface area contributed by atoms with Gasteiger partial charge < -0.3 is 24.6 Å². The van der Waals surface area contributed by atoms with Gasteiger partial charge in [0.2, 0.25) is 5.90 Å². The SMILES string of the molecule is C=C(O/C(=N\N)c1ccc(B2OC(C)(C)C(C)(C)O2)cc1)[C@@H]1CCCN1C(=O)OC(C)(C)C. The molecule has 2 fully saturated rings. The zero-order valence-corrected chi connectivity index (χ0v) is 20.8. The van der Waals surface area contributed by atoms with Crippen LogP contribution in [-0.2, 0) is 18.8 Å². The van der Waals surface area contributed by atoms with E-state index in [2.05, 4.69) is 11.7 Å². The highest BCUT2D eigenvalue weighted by Crippen LogP contribution is 2.36. The minimum absolute atomic E-state index is 0.219. The Hall–Kier alpha value is -2.52. The van der Waals surface area contributed by atoms with Crippen LogP contribution in [0, 0.1) is 0 Å². The van der Waals surface area contributed by atoms with Gasteiger partial charge in [-0.05, 0) is 78.9 Å². The van der Waals surface area contributed by atoms with Crippen molar-refractivity contribution in [3.63, 3.8) is 0 Å². The molecule has 1 atom stereocenters. The predicted molar refractivity (Wildman–Crippen MR) is 129 cm³/mol. The molecule has 1 amide bonds. The lowest BCUT2D eigenvalue weighted by molar-refractivity contribution is 0.00578. The van der Waals surface area contributed by atoms with E-state index in [1.807, 2.05) is 72.7 Å². The second-order valence-corrected chi connectivity index (χ2v) is 10.5. The summed E-state index contributed by atoms with van der Waals surface area (Å²) in [7, 11) is -0.459. The zero-order chi connectivity index (χ0) is 24.6. The minimum atomic E-state index is -0.574. The van der Waals surface area contributed by atoms with Crippen molar-refractivity contribution in [1.82, 2.24) is 4.90 Å². The van der Waals surface area contributed by atoms with Gasteiger partial charge in [-0.1, -0.05) is 18.7 Å². The minimum Gasteiger partial charge on any atom is -0.444 e. The number of ether oxygens (including phenoxy) is 2. The molecule has 1 aromatic rings. The van der Waals surface area contributed by atoms with Crippen LogP contribution in [0.25, 0.3) is 0 Å². The van der Waals surface area contributed by atoms with Gasteiger partial charge in [0, 0.05) is 12.1 Å². The smallest absolute Gasteiger partial charge is 0.444 e. The topological polar surface area (TPSA) is 95.6 Å². The van der Waals surface area contributed by atoms with E-state index in [-0.39, 0.29) is 18.0 Å². The zero-order valence-electron chi connectivity index (χ0n) is 20.8. The van der Waals surface area contributed by atoms with Crippen LogP contribution in [0.15, 0.2) is 41.7 Å². The Morgan fingerprint density at radius 2 is 1.76 bits per heavy atom. The highest BCUT2D eigenvalue weighted by molar-refractivity contribution is 6.62. The number of hydrogen-bond acceptors (Lipinski definition) is 7. The first-order chi connectivity index (χ1) is 15.2. The molecule has 0 bridgehead atoms. The Morgan fingerprint density at radius 3 is 2.27 bits per heavy atom. The first-order valence-corrected chi connectivity index (χ1v) is 11.3. The van der Waals surface area contributed by atoms with Crippen molar-refractivity contribution in [2.24, 2.45) is 10.9 Å². The molecule has 2 aliphatic heterocycles. The van der Waals surface area contributed by atoms with Crippen molar-refractivity contribution in [1.29, 1.82) is 0 Å². The molecule has 0 radical (unpaired) electrons. The van der Waals surface area contributed by atoms with Crippen LogP contribution in [0.3, 0.4) is 0 Å². The molecule has 8 nitrogen and oxygen atoms in total. The number of carbonyl (C=O) groups excluding carboxylic acids is 1. The summed E-state index contributed by atoms with van der Waals surface area (Å²) in [5, 5.41) is 3.81. The van der Waals surface area contributed by atoms with Crippen molar-refractivity contribution in [2.75, 3.05) is 6.54 Å². The standard InChI is InChI=1S/C24H36BN3O5/c1-16(19-10-9-15-28(19)21(29)31-22(2,3)4)30-20(27-26)17-11-13-18(14-12-17)25-32-23(5,6)24(7,8)33-25/h11-14,19H,1,9-10,15,26H2,2-8H3/b27-20-/t19-/m0/s1. The van der Waals surface area contributed by atoms with E-state index < -0.39 is 23.9 Å². The second kappa shape index (κ2) is 9.03. The normalized spacial score (nSPS) is 22.4. The number of nitrogens with zero attached hydrogens (tertiary/aromatic N) is 2. The Morgan fingerprint density at radius 1 is 1.18 bits per heavy atom. The lowest BCUT2D eigenvalue weighted by atomic mass is 9.79. The van der Waals surface area contributed by atoms with Crippen LogP contribution in [0.5, 0.6) is 0 Å². The fraction of sp³-hybridized carbons (Fsp3) is 0.583. The molecule has 0 spiro atoms. The van der Waals surface area contributed by atoms with E-state index in [0.717, 1.165) is 18.3 Å². The maximum Gasteiger partial charge on any atom is 0.494 e. The number of hydrogen-bond donors (Lipinski definition) is 1. The van der Waals surface area contributed by atoms with Crippen molar-refractivity contribution in [3.05, 3.63) is 42.2 Å². The molecule has 2 saturated heterocycles. The molecule has 33 heavy (non-hydrogen) atoms. The molecule has 0 aromatic heterocycles. The van der Waals surface area contributed by atoms with Gasteiger partial charge in [0.1, 0.15) is 11.4 Å². The van der Waals surface area contributed by atoms with Crippen LogP contribution >= 0.6 is 0 Å². The Bertz CT molecular complexity index is 905. The number of likely N-dealkylation sites (tertiary alicyclic amines) is 1. The van der Waals surface area contributed by atoms with Crippen LogP contribution in [0.4, 0.5) is 4.79 Å². The van der Waals surface area contributed by atoms with Crippen molar-refractivity contribution in [3.8, 4) is 0 Å². The van der Waals surface area contributed by atoms with Crippen molar-refractivity contribution in [2.45, 2.75) is 84.2 Å². The molecule has 1 aromatic carbocycles. The maximum absolute atomic E-state index is 12.6. The summed E-state index contributed by atoms with van der Waals surface area (Å²) in [6.07, 6.45) is 1.19. The van der Waals surface area contributed by atoms with E-state index in [0.29, 0.717) is 17.9 Å². The third kappa shape index (κ3) is 5.53. The van der Waals surface area contributed by atoms with E-state index in [1.54, 1.807) is 4.90 Å². The average Bonchev–Trinajstić information content (AvgIpc) is 3.27. The molecule has 3 rings (SSSR count). The van der Waals surface area contributed by atoms with Gasteiger partial charge in [-0.3, -0.25) is 4.90 Å². The molecular weight excluding hydrogens is 421 g/mol. The third-order valence-electron chi connectivity index (χ3n) is 6.28. The van der Waals surface area contributed by atoms with Gasteiger partial charge in [0.25, 0.3) is 0 Å². The van der Waals surface area contributed by atoms with Gasteiger partial charge in [0.05, 0.1) is 17.2 Å². The molecule has 9 heteroatoms. The summed E-state index contributed by atoms with van der Waals surface area (Å²) in [6.45, 7) is 18.2. The van der Waals surface area contributed by atoms with Crippen LogP contribution < -0.4 is 11.3 Å². The van der Waals surface area contributed by atoms with E-state index in [9.17, 15) is 4.79 Å². The number of hydrazone groups is 1. The highest BCUT2D eigenvalue weighted by atomic mass is 16.7.